The summed E-state index contributed by atoms with van der Waals surface area (Å²) in [4.78, 5) is 29.7. The van der Waals surface area contributed by atoms with Gasteiger partial charge in [0.2, 0.25) is 21.8 Å². The molecule has 4 aromatic rings. The van der Waals surface area contributed by atoms with Gasteiger partial charge in [0, 0.05) is 36.6 Å². The van der Waals surface area contributed by atoms with E-state index in [1.807, 2.05) is 66.7 Å². The monoisotopic (exact) mass is 633 g/mol. The Morgan fingerprint density at radius 2 is 1.50 bits per heavy atom. The maximum atomic E-state index is 14.0. The number of hydrogen-bond donors (Lipinski definition) is 2. The number of rotatable bonds is 14. The normalized spacial score (nSPS) is 11.9. The molecule has 2 N–H and O–H groups in total. The fourth-order valence-electron chi connectivity index (χ4n) is 4.85. The minimum atomic E-state index is -3.58. The molecule has 0 saturated carbocycles. The number of aryl methyl sites for hydroxylation is 1. The molecule has 4 aromatic carbocycles. The van der Waals surface area contributed by atoms with Gasteiger partial charge in [-0.2, -0.15) is 0 Å². The van der Waals surface area contributed by atoms with Crippen LogP contribution in [-0.4, -0.2) is 38.8 Å². The van der Waals surface area contributed by atoms with Gasteiger partial charge >= 0.3 is 0 Å². The summed E-state index contributed by atoms with van der Waals surface area (Å²) in [7, 11) is -2.00. The van der Waals surface area contributed by atoms with E-state index >= 15 is 0 Å². The molecule has 0 aliphatic carbocycles. The van der Waals surface area contributed by atoms with E-state index in [1.165, 1.54) is 12.1 Å². The van der Waals surface area contributed by atoms with Crippen LogP contribution in [0.3, 0.4) is 0 Å². The van der Waals surface area contributed by atoms with Crippen LogP contribution in [-0.2, 0) is 39.1 Å². The van der Waals surface area contributed by atoms with Crippen LogP contribution in [0.4, 0.5) is 0 Å². The van der Waals surface area contributed by atoms with Crippen molar-refractivity contribution in [1.82, 2.24) is 14.9 Å². The lowest BCUT2D eigenvalue weighted by molar-refractivity contribution is -0.141. The number of hydrogen-bond acceptors (Lipinski definition) is 5. The summed E-state index contributed by atoms with van der Waals surface area (Å²) in [6, 6.07) is 29.4. The molecule has 0 heterocycles. The van der Waals surface area contributed by atoms with Crippen LogP contribution in [0.5, 0.6) is 5.75 Å². The summed E-state index contributed by atoms with van der Waals surface area (Å²) in [6.07, 6.45) is 0.470. The first-order valence-electron chi connectivity index (χ1n) is 14.3. The zero-order valence-electron chi connectivity index (χ0n) is 24.7. The van der Waals surface area contributed by atoms with E-state index in [1.54, 1.807) is 43.2 Å². The number of halogens is 1. The number of para-hydroxylation sites is 1. The number of ether oxygens (including phenoxy) is 1. The van der Waals surface area contributed by atoms with E-state index in [-0.39, 0.29) is 42.8 Å². The lowest BCUT2D eigenvalue weighted by Gasteiger charge is -2.32. The Morgan fingerprint density at radius 3 is 2.16 bits per heavy atom. The maximum Gasteiger partial charge on any atom is 0.247 e. The predicted molar refractivity (Wildman–Crippen MR) is 172 cm³/mol. The number of carbonyl (C=O) groups excluding carboxylic acids is 2. The van der Waals surface area contributed by atoms with Gasteiger partial charge in [-0.05, 0) is 53.4 Å². The van der Waals surface area contributed by atoms with Gasteiger partial charge in [-0.1, -0.05) is 91.3 Å². The largest absolute Gasteiger partial charge is 0.496 e. The van der Waals surface area contributed by atoms with Gasteiger partial charge in [-0.15, -0.1) is 0 Å². The highest BCUT2D eigenvalue weighted by Gasteiger charge is 2.31. The number of methoxy groups -OCH3 is 1. The van der Waals surface area contributed by atoms with Gasteiger partial charge in [0.15, 0.2) is 0 Å². The third-order valence-corrected chi connectivity index (χ3v) is 8.92. The van der Waals surface area contributed by atoms with Gasteiger partial charge < -0.3 is 15.0 Å². The molecule has 0 aliphatic rings. The zero-order chi connectivity index (χ0) is 31.5. The summed E-state index contributed by atoms with van der Waals surface area (Å²) in [6.45, 7) is 2.40. The molecule has 0 radical (unpaired) electrons. The molecule has 44 heavy (non-hydrogen) atoms. The lowest BCUT2D eigenvalue weighted by Crippen LogP contribution is -2.43. The second kappa shape index (κ2) is 15.5. The first-order valence-corrected chi connectivity index (χ1v) is 16.1. The molecule has 2 amide bonds. The second-order valence-corrected chi connectivity index (χ2v) is 12.3. The van der Waals surface area contributed by atoms with Crippen LogP contribution in [0.15, 0.2) is 108 Å². The number of nitrogens with one attached hydrogen (secondary N) is 2. The fraction of sp³-hybridized carbons (Fsp3) is 0.235. The highest BCUT2D eigenvalue weighted by Crippen LogP contribution is 2.26. The SMILES string of the molecule is CCNS(=O)(=O)c1ccc(CCC(=O)N(Cc2ccc(Cl)cc2)C(C(=O)NCc2ccccc2OC)c2ccccc2)cc1. The molecule has 0 spiro atoms. The third kappa shape index (κ3) is 8.69. The number of sulfonamides is 1. The first-order chi connectivity index (χ1) is 21.2. The highest BCUT2D eigenvalue weighted by molar-refractivity contribution is 7.89. The first kappa shape index (κ1) is 32.7. The molecule has 0 aliphatic heterocycles. The Kier molecular flexibility index (Phi) is 11.5. The van der Waals surface area contributed by atoms with Crippen molar-refractivity contribution in [2.75, 3.05) is 13.7 Å². The Labute approximate surface area is 264 Å². The topological polar surface area (TPSA) is 105 Å². The minimum absolute atomic E-state index is 0.107. The van der Waals surface area contributed by atoms with E-state index < -0.39 is 16.1 Å². The van der Waals surface area contributed by atoms with Crippen molar-refractivity contribution in [3.05, 3.63) is 130 Å². The van der Waals surface area contributed by atoms with Gasteiger partial charge in [0.1, 0.15) is 11.8 Å². The summed E-state index contributed by atoms with van der Waals surface area (Å²) >= 11 is 6.12. The zero-order valence-corrected chi connectivity index (χ0v) is 26.3. The third-order valence-electron chi connectivity index (χ3n) is 7.10. The average Bonchev–Trinajstić information content (AvgIpc) is 3.04. The highest BCUT2D eigenvalue weighted by atomic mass is 35.5. The molecular formula is C34H36ClN3O5S. The van der Waals surface area contributed by atoms with Crippen LogP contribution in [0, 0.1) is 0 Å². The number of benzene rings is 4. The Balaban J connectivity index is 1.61. The van der Waals surface area contributed by atoms with Crippen molar-refractivity contribution < 1.29 is 22.7 Å². The second-order valence-electron chi connectivity index (χ2n) is 10.1. The molecule has 1 unspecified atom stereocenters. The molecule has 0 bridgehead atoms. The van der Waals surface area contributed by atoms with Crippen molar-refractivity contribution in [1.29, 1.82) is 0 Å². The molecule has 4 rings (SSSR count). The van der Waals surface area contributed by atoms with Gasteiger partial charge in [0.25, 0.3) is 0 Å². The summed E-state index contributed by atoms with van der Waals surface area (Å²) in [5, 5.41) is 3.58. The van der Waals surface area contributed by atoms with Crippen LogP contribution in [0.1, 0.15) is 41.6 Å². The van der Waals surface area contributed by atoms with Gasteiger partial charge in [-0.3, -0.25) is 9.59 Å². The average molecular weight is 634 g/mol. The van der Waals surface area contributed by atoms with E-state index in [0.29, 0.717) is 22.8 Å². The molecular weight excluding hydrogens is 598 g/mol. The van der Waals surface area contributed by atoms with E-state index in [0.717, 1.165) is 16.7 Å². The van der Waals surface area contributed by atoms with Crippen LogP contribution >= 0.6 is 11.6 Å². The van der Waals surface area contributed by atoms with Crippen molar-refractivity contribution in [3.8, 4) is 5.75 Å². The quantitative estimate of drug-likeness (QED) is 0.186. The van der Waals surface area contributed by atoms with Crippen molar-refractivity contribution in [2.24, 2.45) is 0 Å². The lowest BCUT2D eigenvalue weighted by atomic mass is 10.0. The van der Waals surface area contributed by atoms with Crippen molar-refractivity contribution in [2.45, 2.75) is 43.8 Å². The number of carbonyl (C=O) groups is 2. The molecule has 230 valence electrons. The predicted octanol–water partition coefficient (Wildman–Crippen LogP) is 5.67. The molecule has 1 atom stereocenters. The molecule has 8 nitrogen and oxygen atoms in total. The van der Waals surface area contributed by atoms with Crippen molar-refractivity contribution in [3.63, 3.8) is 0 Å². The Morgan fingerprint density at radius 1 is 0.864 bits per heavy atom. The van der Waals surface area contributed by atoms with Crippen molar-refractivity contribution >= 4 is 33.4 Å². The minimum Gasteiger partial charge on any atom is -0.496 e. The summed E-state index contributed by atoms with van der Waals surface area (Å²) in [5.41, 5.74) is 3.10. The van der Waals surface area contributed by atoms with Crippen LogP contribution in [0.25, 0.3) is 0 Å². The van der Waals surface area contributed by atoms with Gasteiger partial charge in [0.05, 0.1) is 12.0 Å². The van der Waals surface area contributed by atoms with E-state index in [9.17, 15) is 18.0 Å². The standard InChI is InChI=1S/C34H36ClN3O5S/c1-3-37-44(41,42)30-20-15-25(16-21-30)17-22-32(39)38(24-26-13-18-29(35)19-14-26)33(27-9-5-4-6-10-27)34(40)36-23-28-11-7-8-12-31(28)43-2/h4-16,18-21,33,37H,3,17,22-24H2,1-2H3,(H,36,40). The fourth-order valence-corrected chi connectivity index (χ4v) is 6.02. The number of nitrogens with zero attached hydrogens (tertiary/aromatic N) is 1. The van der Waals surface area contributed by atoms with Crippen LogP contribution < -0.4 is 14.8 Å². The van der Waals surface area contributed by atoms with E-state index in [4.69, 9.17) is 16.3 Å². The van der Waals surface area contributed by atoms with Crippen LogP contribution in [0.2, 0.25) is 5.02 Å². The smallest absolute Gasteiger partial charge is 0.247 e. The summed E-state index contributed by atoms with van der Waals surface area (Å²) < 4.78 is 32.6. The Bertz CT molecular complexity index is 1650. The molecule has 0 saturated heterocycles. The summed E-state index contributed by atoms with van der Waals surface area (Å²) in [5.74, 6) is 0.0930. The molecule has 0 fully saturated rings. The van der Waals surface area contributed by atoms with E-state index in [2.05, 4.69) is 10.0 Å². The van der Waals surface area contributed by atoms with Gasteiger partial charge in [-0.25, -0.2) is 13.1 Å². The Hall–Kier alpha value is -4.18. The molecule has 10 heteroatoms. The number of amides is 2. The maximum absolute atomic E-state index is 14.0. The molecule has 0 aromatic heterocycles.